The number of aryl methyl sites for hydroxylation is 2. The van der Waals surface area contributed by atoms with Gasteiger partial charge in [-0.1, -0.05) is 24.1 Å². The number of rotatable bonds is 5. The first kappa shape index (κ1) is 19.5. The predicted octanol–water partition coefficient (Wildman–Crippen LogP) is 4.28. The first-order valence-electron chi connectivity index (χ1n) is 8.79. The Labute approximate surface area is 156 Å². The highest BCUT2D eigenvalue weighted by Gasteiger charge is 2.25. The first-order valence-corrected chi connectivity index (χ1v) is 8.79. The Morgan fingerprint density at radius 2 is 1.76 bits per heavy atom. The SMILES string of the molecule is Cc1ccc(C(=O)NCC(c2ccc(C)o2)N2CCCCC2)cc1.Cl. The Balaban J connectivity index is 0.00000225. The number of benzene rings is 1. The van der Waals surface area contributed by atoms with Crippen LogP contribution in [0.3, 0.4) is 0 Å². The normalized spacial score (nSPS) is 16.1. The molecule has 1 saturated heterocycles. The second kappa shape index (κ2) is 9.07. The Hall–Kier alpha value is -1.78. The van der Waals surface area contributed by atoms with Gasteiger partial charge in [-0.05, 0) is 64.0 Å². The molecule has 136 valence electrons. The van der Waals surface area contributed by atoms with E-state index < -0.39 is 0 Å². The molecule has 0 saturated carbocycles. The largest absolute Gasteiger partial charge is 0.465 e. The summed E-state index contributed by atoms with van der Waals surface area (Å²) in [4.78, 5) is 14.8. The molecular formula is C20H27ClN2O2. The second-order valence-electron chi connectivity index (χ2n) is 6.64. The minimum atomic E-state index is -0.0275. The van der Waals surface area contributed by atoms with Gasteiger partial charge in [-0.25, -0.2) is 0 Å². The fourth-order valence-electron chi connectivity index (χ4n) is 3.27. The van der Waals surface area contributed by atoms with Crippen LogP contribution in [0.4, 0.5) is 0 Å². The molecule has 0 spiro atoms. The molecule has 0 bridgehead atoms. The molecule has 1 N–H and O–H groups in total. The van der Waals surface area contributed by atoms with Crippen molar-refractivity contribution in [3.63, 3.8) is 0 Å². The molecule has 3 rings (SSSR count). The van der Waals surface area contributed by atoms with Gasteiger partial charge in [-0.3, -0.25) is 9.69 Å². The van der Waals surface area contributed by atoms with Gasteiger partial charge in [0.25, 0.3) is 5.91 Å². The van der Waals surface area contributed by atoms with Crippen LogP contribution in [0.15, 0.2) is 40.8 Å². The van der Waals surface area contributed by atoms with E-state index in [0.29, 0.717) is 12.1 Å². The van der Waals surface area contributed by atoms with Gasteiger partial charge in [0.15, 0.2) is 0 Å². The molecule has 5 heteroatoms. The van der Waals surface area contributed by atoms with E-state index in [1.165, 1.54) is 19.3 Å². The lowest BCUT2D eigenvalue weighted by molar-refractivity contribution is 0.0913. The third-order valence-corrected chi connectivity index (χ3v) is 4.69. The maximum atomic E-state index is 12.4. The van der Waals surface area contributed by atoms with Gasteiger partial charge in [-0.2, -0.15) is 0 Å². The fourth-order valence-corrected chi connectivity index (χ4v) is 3.27. The number of furan rings is 1. The second-order valence-corrected chi connectivity index (χ2v) is 6.64. The van der Waals surface area contributed by atoms with Gasteiger partial charge in [0.2, 0.25) is 0 Å². The minimum absolute atomic E-state index is 0. The third-order valence-electron chi connectivity index (χ3n) is 4.69. The first-order chi connectivity index (χ1) is 11.6. The molecule has 1 amide bonds. The van der Waals surface area contributed by atoms with E-state index in [2.05, 4.69) is 10.2 Å². The number of hydrogen-bond donors (Lipinski definition) is 1. The molecule has 1 aliphatic rings. The minimum Gasteiger partial charge on any atom is -0.465 e. The predicted molar refractivity (Wildman–Crippen MR) is 102 cm³/mol. The summed E-state index contributed by atoms with van der Waals surface area (Å²) in [5.41, 5.74) is 1.86. The smallest absolute Gasteiger partial charge is 0.251 e. The molecule has 2 heterocycles. The zero-order valence-electron chi connectivity index (χ0n) is 15.0. The molecule has 1 fully saturated rings. The molecule has 25 heavy (non-hydrogen) atoms. The van der Waals surface area contributed by atoms with Crippen LogP contribution in [-0.2, 0) is 0 Å². The van der Waals surface area contributed by atoms with E-state index >= 15 is 0 Å². The van der Waals surface area contributed by atoms with Gasteiger partial charge in [0.1, 0.15) is 11.5 Å². The monoisotopic (exact) mass is 362 g/mol. The molecule has 1 unspecified atom stereocenters. The summed E-state index contributed by atoms with van der Waals surface area (Å²) in [6, 6.07) is 11.8. The maximum absolute atomic E-state index is 12.4. The molecule has 1 aromatic heterocycles. The van der Waals surface area contributed by atoms with Crippen molar-refractivity contribution >= 4 is 18.3 Å². The highest BCUT2D eigenvalue weighted by atomic mass is 35.5. The van der Waals surface area contributed by atoms with Crippen LogP contribution in [0.2, 0.25) is 0 Å². The van der Waals surface area contributed by atoms with Crippen molar-refractivity contribution in [2.75, 3.05) is 19.6 Å². The van der Waals surface area contributed by atoms with Gasteiger partial charge < -0.3 is 9.73 Å². The van der Waals surface area contributed by atoms with E-state index in [4.69, 9.17) is 4.42 Å². The highest BCUT2D eigenvalue weighted by Crippen LogP contribution is 2.25. The lowest BCUT2D eigenvalue weighted by Gasteiger charge is -2.33. The fraction of sp³-hybridized carbons (Fsp3) is 0.450. The average Bonchev–Trinajstić information content (AvgIpc) is 3.02. The molecule has 4 nitrogen and oxygen atoms in total. The zero-order chi connectivity index (χ0) is 16.9. The summed E-state index contributed by atoms with van der Waals surface area (Å²) < 4.78 is 5.86. The third kappa shape index (κ3) is 5.10. The topological polar surface area (TPSA) is 45.5 Å². The number of likely N-dealkylation sites (tertiary alicyclic amines) is 1. The molecule has 1 aromatic carbocycles. The summed E-state index contributed by atoms with van der Waals surface area (Å²) in [6.07, 6.45) is 3.71. The summed E-state index contributed by atoms with van der Waals surface area (Å²) in [5.74, 6) is 1.83. The molecule has 1 atom stereocenters. The van der Waals surface area contributed by atoms with Crippen LogP contribution in [0.25, 0.3) is 0 Å². The number of halogens is 1. The van der Waals surface area contributed by atoms with Crippen molar-refractivity contribution in [3.8, 4) is 0 Å². The summed E-state index contributed by atoms with van der Waals surface area (Å²) in [7, 11) is 0. The number of amides is 1. The lowest BCUT2D eigenvalue weighted by Crippen LogP contribution is -2.40. The Morgan fingerprint density at radius 1 is 1.08 bits per heavy atom. The number of piperidine rings is 1. The number of carbonyl (C=O) groups excluding carboxylic acids is 1. The van der Waals surface area contributed by atoms with Crippen LogP contribution in [0, 0.1) is 13.8 Å². The van der Waals surface area contributed by atoms with E-state index in [0.717, 1.165) is 30.2 Å². The standard InChI is InChI=1S/C20H26N2O2.ClH/c1-15-6-9-17(10-7-15)20(23)21-14-18(19-11-8-16(2)24-19)22-12-4-3-5-13-22;/h6-11,18H,3-5,12-14H2,1-2H3,(H,21,23);1H. The number of nitrogens with zero attached hydrogens (tertiary/aromatic N) is 1. The van der Waals surface area contributed by atoms with Crippen LogP contribution in [-0.4, -0.2) is 30.4 Å². The van der Waals surface area contributed by atoms with Crippen molar-refractivity contribution in [2.45, 2.75) is 39.2 Å². The lowest BCUT2D eigenvalue weighted by atomic mass is 10.1. The number of hydrogen-bond acceptors (Lipinski definition) is 3. The van der Waals surface area contributed by atoms with Gasteiger partial charge in [0, 0.05) is 12.1 Å². The average molecular weight is 363 g/mol. The summed E-state index contributed by atoms with van der Waals surface area (Å²) in [5, 5.41) is 3.08. The van der Waals surface area contributed by atoms with Crippen molar-refractivity contribution in [2.24, 2.45) is 0 Å². The molecular weight excluding hydrogens is 336 g/mol. The summed E-state index contributed by atoms with van der Waals surface area (Å²) >= 11 is 0. The number of carbonyl (C=O) groups is 1. The number of nitrogens with one attached hydrogen (secondary N) is 1. The Morgan fingerprint density at radius 3 is 2.36 bits per heavy atom. The van der Waals surface area contributed by atoms with Crippen molar-refractivity contribution in [3.05, 3.63) is 59.0 Å². The Bertz CT molecular complexity index is 675. The molecule has 0 aliphatic carbocycles. The Kier molecular flexibility index (Phi) is 7.09. The van der Waals surface area contributed by atoms with E-state index in [1.807, 2.05) is 50.2 Å². The van der Waals surface area contributed by atoms with Crippen LogP contribution in [0.1, 0.15) is 52.7 Å². The molecule has 0 radical (unpaired) electrons. The van der Waals surface area contributed by atoms with E-state index in [-0.39, 0.29) is 24.4 Å². The van der Waals surface area contributed by atoms with Gasteiger partial charge >= 0.3 is 0 Å². The summed E-state index contributed by atoms with van der Waals surface area (Å²) in [6.45, 7) is 6.67. The van der Waals surface area contributed by atoms with E-state index in [1.54, 1.807) is 0 Å². The van der Waals surface area contributed by atoms with Crippen LogP contribution < -0.4 is 5.32 Å². The van der Waals surface area contributed by atoms with Crippen LogP contribution >= 0.6 is 12.4 Å². The van der Waals surface area contributed by atoms with Gasteiger partial charge in [0.05, 0.1) is 6.04 Å². The zero-order valence-corrected chi connectivity index (χ0v) is 15.8. The maximum Gasteiger partial charge on any atom is 0.251 e. The van der Waals surface area contributed by atoms with Crippen molar-refractivity contribution < 1.29 is 9.21 Å². The van der Waals surface area contributed by atoms with Gasteiger partial charge in [-0.15, -0.1) is 12.4 Å². The van der Waals surface area contributed by atoms with Crippen LogP contribution in [0.5, 0.6) is 0 Å². The highest BCUT2D eigenvalue weighted by molar-refractivity contribution is 5.94. The molecule has 2 aromatic rings. The molecule has 1 aliphatic heterocycles. The quantitative estimate of drug-likeness (QED) is 0.863. The van der Waals surface area contributed by atoms with Crippen molar-refractivity contribution in [1.29, 1.82) is 0 Å². The van der Waals surface area contributed by atoms with E-state index in [9.17, 15) is 4.79 Å². The van der Waals surface area contributed by atoms with Crippen molar-refractivity contribution in [1.82, 2.24) is 10.2 Å².